The summed E-state index contributed by atoms with van der Waals surface area (Å²) in [6.45, 7) is 2.99. The van der Waals surface area contributed by atoms with E-state index < -0.39 is 6.04 Å². The third kappa shape index (κ3) is 7.43. The summed E-state index contributed by atoms with van der Waals surface area (Å²) in [6, 6.07) is 12.3. The quantitative estimate of drug-likeness (QED) is 0.530. The van der Waals surface area contributed by atoms with Crippen molar-refractivity contribution in [1.82, 2.24) is 15.5 Å². The van der Waals surface area contributed by atoms with Crippen LogP contribution >= 0.6 is 23.4 Å². The fraction of sp³-hybridized carbons (Fsp3) is 0.417. The molecule has 0 saturated carbocycles. The van der Waals surface area contributed by atoms with Gasteiger partial charge in [0.25, 0.3) is 5.91 Å². The molecule has 1 fully saturated rings. The van der Waals surface area contributed by atoms with E-state index in [4.69, 9.17) is 16.3 Å². The normalized spacial score (nSPS) is 16.1. The van der Waals surface area contributed by atoms with E-state index in [0.29, 0.717) is 42.5 Å². The molecule has 0 radical (unpaired) electrons. The summed E-state index contributed by atoms with van der Waals surface area (Å²) in [5.74, 6) is -0.232. The Balaban J connectivity index is 1.70. The smallest absolute Gasteiger partial charge is 0.253 e. The molecule has 0 bridgehead atoms. The van der Waals surface area contributed by atoms with Crippen molar-refractivity contribution in [3.8, 4) is 0 Å². The van der Waals surface area contributed by atoms with Gasteiger partial charge in [0.2, 0.25) is 5.91 Å². The van der Waals surface area contributed by atoms with Crippen LogP contribution in [0.25, 0.3) is 0 Å². The molecule has 1 aliphatic heterocycles. The molecular weight excluding hydrogens is 465 g/mol. The summed E-state index contributed by atoms with van der Waals surface area (Å²) in [5.41, 5.74) is 1.25. The first-order chi connectivity index (χ1) is 16.0. The highest BCUT2D eigenvalue weighted by Gasteiger charge is 2.26. The Morgan fingerprint density at radius 2 is 1.85 bits per heavy atom. The molecule has 1 saturated heterocycles. The van der Waals surface area contributed by atoms with Gasteiger partial charge in [-0.05, 0) is 48.3 Å². The number of amides is 2. The van der Waals surface area contributed by atoms with E-state index in [9.17, 15) is 14.0 Å². The monoisotopic (exact) mass is 493 g/mol. The fourth-order valence-electron chi connectivity index (χ4n) is 3.74. The van der Waals surface area contributed by atoms with Crippen LogP contribution in [0.15, 0.2) is 48.5 Å². The van der Waals surface area contributed by atoms with Crippen LogP contribution in [0.3, 0.4) is 0 Å². The fourth-order valence-corrected chi connectivity index (χ4v) is 4.43. The number of rotatable bonds is 10. The van der Waals surface area contributed by atoms with Crippen molar-refractivity contribution in [1.29, 1.82) is 0 Å². The lowest BCUT2D eigenvalue weighted by Crippen LogP contribution is -2.50. The van der Waals surface area contributed by atoms with Crippen LogP contribution in [-0.2, 0) is 9.53 Å². The lowest BCUT2D eigenvalue weighted by molar-refractivity contribution is -0.123. The van der Waals surface area contributed by atoms with E-state index in [1.807, 2.05) is 6.26 Å². The average Bonchev–Trinajstić information content (AvgIpc) is 2.83. The predicted octanol–water partition coefficient (Wildman–Crippen LogP) is 3.52. The molecule has 0 aromatic heterocycles. The topological polar surface area (TPSA) is 70.7 Å². The molecule has 2 aromatic rings. The second-order valence-electron chi connectivity index (χ2n) is 7.75. The number of hydrogen-bond acceptors (Lipinski definition) is 5. The molecule has 2 atom stereocenters. The molecule has 3 rings (SSSR count). The van der Waals surface area contributed by atoms with Crippen molar-refractivity contribution in [2.45, 2.75) is 18.5 Å². The highest BCUT2D eigenvalue weighted by Crippen LogP contribution is 2.22. The summed E-state index contributed by atoms with van der Waals surface area (Å²) in [7, 11) is 0. The zero-order valence-corrected chi connectivity index (χ0v) is 20.1. The number of nitrogens with one attached hydrogen (secondary N) is 2. The number of ether oxygens (including phenoxy) is 1. The van der Waals surface area contributed by atoms with E-state index in [-0.39, 0.29) is 23.7 Å². The zero-order valence-electron chi connectivity index (χ0n) is 18.6. The van der Waals surface area contributed by atoms with Crippen LogP contribution in [0.1, 0.15) is 28.4 Å². The highest BCUT2D eigenvalue weighted by atomic mass is 35.5. The molecular formula is C24H29ClFN3O3S. The summed E-state index contributed by atoms with van der Waals surface area (Å²) < 4.78 is 18.9. The first kappa shape index (κ1) is 25.5. The van der Waals surface area contributed by atoms with Crippen LogP contribution in [0.4, 0.5) is 4.39 Å². The first-order valence-electron chi connectivity index (χ1n) is 10.9. The zero-order chi connectivity index (χ0) is 23.6. The Morgan fingerprint density at radius 1 is 1.15 bits per heavy atom. The van der Waals surface area contributed by atoms with Crippen molar-refractivity contribution in [3.05, 3.63) is 70.5 Å². The third-order valence-corrected chi connectivity index (χ3v) is 6.54. The van der Waals surface area contributed by atoms with Gasteiger partial charge in [0.05, 0.1) is 29.8 Å². The van der Waals surface area contributed by atoms with Gasteiger partial charge in [-0.25, -0.2) is 4.39 Å². The van der Waals surface area contributed by atoms with E-state index in [1.54, 1.807) is 48.2 Å². The summed E-state index contributed by atoms with van der Waals surface area (Å²) in [6.07, 6.45) is 2.44. The maximum atomic E-state index is 13.5. The third-order valence-electron chi connectivity index (χ3n) is 5.56. The minimum atomic E-state index is -0.695. The SMILES string of the molecule is CSCC[C@H](NC(=O)c1ccccc1Cl)C(=O)NC[C@@H](c1ccc(F)cc1)N1CCOCC1. The first-order valence-corrected chi connectivity index (χ1v) is 12.7. The number of nitrogens with zero attached hydrogens (tertiary/aromatic N) is 1. The maximum Gasteiger partial charge on any atom is 0.253 e. The summed E-state index contributed by atoms with van der Waals surface area (Å²) in [5, 5.41) is 6.16. The Labute approximate surface area is 203 Å². The Bertz CT molecular complexity index is 925. The Morgan fingerprint density at radius 3 is 2.52 bits per heavy atom. The number of carbonyl (C=O) groups is 2. The van der Waals surface area contributed by atoms with Crippen molar-refractivity contribution in [3.63, 3.8) is 0 Å². The van der Waals surface area contributed by atoms with Crippen molar-refractivity contribution >= 4 is 35.2 Å². The van der Waals surface area contributed by atoms with Gasteiger partial charge >= 0.3 is 0 Å². The van der Waals surface area contributed by atoms with Crippen LogP contribution < -0.4 is 10.6 Å². The number of benzene rings is 2. The number of carbonyl (C=O) groups excluding carboxylic acids is 2. The second-order valence-corrected chi connectivity index (χ2v) is 9.14. The molecule has 2 N–H and O–H groups in total. The van der Waals surface area contributed by atoms with E-state index >= 15 is 0 Å². The molecule has 0 aliphatic carbocycles. The average molecular weight is 494 g/mol. The van der Waals surface area contributed by atoms with Crippen LogP contribution in [0, 0.1) is 5.82 Å². The van der Waals surface area contributed by atoms with Gasteiger partial charge in [-0.1, -0.05) is 35.9 Å². The van der Waals surface area contributed by atoms with Crippen molar-refractivity contribution in [2.75, 3.05) is 44.9 Å². The van der Waals surface area contributed by atoms with Gasteiger partial charge in [0, 0.05) is 19.6 Å². The van der Waals surface area contributed by atoms with E-state index in [2.05, 4.69) is 15.5 Å². The summed E-state index contributed by atoms with van der Waals surface area (Å²) >= 11 is 7.75. The van der Waals surface area contributed by atoms with Crippen LogP contribution in [0.2, 0.25) is 5.02 Å². The molecule has 9 heteroatoms. The van der Waals surface area contributed by atoms with Gasteiger partial charge in [-0.3, -0.25) is 14.5 Å². The second kappa shape index (κ2) is 12.9. The molecule has 1 aliphatic rings. The van der Waals surface area contributed by atoms with E-state index in [1.165, 1.54) is 12.1 Å². The Kier molecular flexibility index (Phi) is 9.99. The van der Waals surface area contributed by atoms with Crippen molar-refractivity contribution < 1.29 is 18.7 Å². The summed E-state index contributed by atoms with van der Waals surface area (Å²) in [4.78, 5) is 28.1. The van der Waals surface area contributed by atoms with Gasteiger partial charge < -0.3 is 15.4 Å². The molecule has 0 spiro atoms. The standard InChI is InChI=1S/C24H29ClFN3O3S/c1-33-15-10-21(28-23(30)19-4-2-3-5-20(19)25)24(31)27-16-22(29-11-13-32-14-12-29)17-6-8-18(26)9-7-17/h2-9,21-22H,10-16H2,1H3,(H,27,31)(H,28,30)/t21-,22-/m0/s1. The van der Waals surface area contributed by atoms with E-state index in [0.717, 1.165) is 18.7 Å². The van der Waals surface area contributed by atoms with Gasteiger partial charge in [0.1, 0.15) is 11.9 Å². The minimum Gasteiger partial charge on any atom is -0.379 e. The molecule has 178 valence electrons. The molecule has 2 aromatic carbocycles. The van der Waals surface area contributed by atoms with Crippen LogP contribution in [-0.4, -0.2) is 67.6 Å². The van der Waals surface area contributed by atoms with Gasteiger partial charge in [0.15, 0.2) is 0 Å². The number of morpholine rings is 1. The minimum absolute atomic E-state index is 0.126. The lowest BCUT2D eigenvalue weighted by Gasteiger charge is -2.35. The van der Waals surface area contributed by atoms with Gasteiger partial charge in [-0.15, -0.1) is 0 Å². The Hall–Kier alpha value is -2.13. The molecule has 2 amide bonds. The number of hydrogen-bond donors (Lipinski definition) is 2. The molecule has 33 heavy (non-hydrogen) atoms. The molecule has 6 nitrogen and oxygen atoms in total. The largest absolute Gasteiger partial charge is 0.379 e. The van der Waals surface area contributed by atoms with Gasteiger partial charge in [-0.2, -0.15) is 11.8 Å². The van der Waals surface area contributed by atoms with Crippen molar-refractivity contribution in [2.24, 2.45) is 0 Å². The lowest BCUT2D eigenvalue weighted by atomic mass is 10.0. The molecule has 0 unspecified atom stereocenters. The predicted molar refractivity (Wildman–Crippen MR) is 130 cm³/mol. The number of thioether (sulfide) groups is 1. The number of halogens is 2. The molecule has 1 heterocycles. The highest BCUT2D eigenvalue weighted by molar-refractivity contribution is 7.98. The van der Waals surface area contributed by atoms with Crippen LogP contribution in [0.5, 0.6) is 0 Å². The maximum absolute atomic E-state index is 13.5.